The third-order valence-corrected chi connectivity index (χ3v) is 4.41. The maximum Gasteiger partial charge on any atom is 0.125 e. The second-order valence-corrected chi connectivity index (χ2v) is 5.83. The lowest BCUT2D eigenvalue weighted by Crippen LogP contribution is -2.11. The number of para-hydroxylation sites is 1. The van der Waals surface area contributed by atoms with Gasteiger partial charge in [0.25, 0.3) is 0 Å². The summed E-state index contributed by atoms with van der Waals surface area (Å²) >= 11 is 6.09. The molecule has 104 valence electrons. The van der Waals surface area contributed by atoms with Crippen LogP contribution in [0.3, 0.4) is 0 Å². The van der Waals surface area contributed by atoms with E-state index in [2.05, 4.69) is 28.6 Å². The minimum Gasteiger partial charge on any atom is -0.324 e. The van der Waals surface area contributed by atoms with Gasteiger partial charge in [0.15, 0.2) is 0 Å². The van der Waals surface area contributed by atoms with Crippen LogP contribution in [0.2, 0.25) is 0 Å². The molecule has 0 bridgehead atoms. The monoisotopic (exact) mass is 287 g/mol. The van der Waals surface area contributed by atoms with Crippen molar-refractivity contribution in [2.45, 2.75) is 44.5 Å². The average molecular weight is 288 g/mol. The molecule has 3 nitrogen and oxygen atoms in total. The Balaban J connectivity index is 2.14. The standard InChI is InChI=1S/C16H18ClN3/c1-2-13(8-11-6-7-11)20-14-5-3-4-12(10-18)16(14)19-15(20)9-17/h3-5,11,13H,2,6-9H2,1H3. The van der Waals surface area contributed by atoms with Crippen molar-refractivity contribution in [1.82, 2.24) is 9.55 Å². The van der Waals surface area contributed by atoms with Crippen molar-refractivity contribution in [3.05, 3.63) is 29.6 Å². The van der Waals surface area contributed by atoms with Gasteiger partial charge in [0.1, 0.15) is 17.4 Å². The Morgan fingerprint density at radius 1 is 1.50 bits per heavy atom. The second-order valence-electron chi connectivity index (χ2n) is 5.56. The Morgan fingerprint density at radius 3 is 2.90 bits per heavy atom. The number of rotatable bonds is 5. The molecular formula is C16H18ClN3. The van der Waals surface area contributed by atoms with Crippen LogP contribution in [0.15, 0.2) is 18.2 Å². The van der Waals surface area contributed by atoms with E-state index >= 15 is 0 Å². The van der Waals surface area contributed by atoms with E-state index in [0.717, 1.165) is 29.2 Å². The third kappa shape index (κ3) is 2.29. The summed E-state index contributed by atoms with van der Waals surface area (Å²) in [6, 6.07) is 8.47. The molecule has 20 heavy (non-hydrogen) atoms. The van der Waals surface area contributed by atoms with Crippen molar-refractivity contribution < 1.29 is 0 Å². The van der Waals surface area contributed by atoms with Crippen molar-refractivity contribution >= 4 is 22.6 Å². The maximum absolute atomic E-state index is 9.23. The highest BCUT2D eigenvalue weighted by atomic mass is 35.5. The number of aromatic nitrogens is 2. The summed E-state index contributed by atoms with van der Waals surface area (Å²) < 4.78 is 2.27. The molecule has 1 heterocycles. The molecule has 1 atom stereocenters. The molecule has 1 fully saturated rings. The van der Waals surface area contributed by atoms with E-state index in [1.54, 1.807) is 0 Å². The zero-order valence-electron chi connectivity index (χ0n) is 11.6. The van der Waals surface area contributed by atoms with Gasteiger partial charge in [0, 0.05) is 6.04 Å². The lowest BCUT2D eigenvalue weighted by molar-refractivity contribution is 0.429. The Hall–Kier alpha value is -1.53. The van der Waals surface area contributed by atoms with E-state index in [-0.39, 0.29) is 0 Å². The molecule has 1 aliphatic rings. The van der Waals surface area contributed by atoms with Crippen LogP contribution in [0.25, 0.3) is 11.0 Å². The molecule has 0 aliphatic heterocycles. The molecule has 0 amide bonds. The summed E-state index contributed by atoms with van der Waals surface area (Å²) in [4.78, 5) is 4.61. The van der Waals surface area contributed by atoms with Gasteiger partial charge >= 0.3 is 0 Å². The summed E-state index contributed by atoms with van der Waals surface area (Å²) in [6.07, 6.45) is 4.97. The van der Waals surface area contributed by atoms with Gasteiger partial charge in [0.2, 0.25) is 0 Å². The first kappa shape index (κ1) is 13.5. The van der Waals surface area contributed by atoms with Crippen LogP contribution in [-0.4, -0.2) is 9.55 Å². The molecule has 2 aromatic rings. The van der Waals surface area contributed by atoms with Gasteiger partial charge in [-0.15, -0.1) is 11.6 Å². The van der Waals surface area contributed by atoms with E-state index in [0.29, 0.717) is 17.5 Å². The molecule has 4 heteroatoms. The van der Waals surface area contributed by atoms with E-state index in [4.69, 9.17) is 11.6 Å². The summed E-state index contributed by atoms with van der Waals surface area (Å²) in [5.74, 6) is 2.14. The SMILES string of the molecule is CCC(CC1CC1)n1c(CCl)nc2c(C#N)cccc21. The normalized spacial score (nSPS) is 16.2. The minimum absolute atomic E-state index is 0.390. The lowest BCUT2D eigenvalue weighted by atomic mass is 10.1. The molecule has 0 saturated heterocycles. The summed E-state index contributed by atoms with van der Waals surface area (Å²) in [5.41, 5.74) is 2.47. The highest BCUT2D eigenvalue weighted by molar-refractivity contribution is 6.16. The molecule has 1 aliphatic carbocycles. The fourth-order valence-corrected chi connectivity index (χ4v) is 3.14. The highest BCUT2D eigenvalue weighted by Crippen LogP contribution is 2.39. The predicted octanol–water partition coefficient (Wildman–Crippen LogP) is 4.40. The number of alkyl halides is 1. The number of nitriles is 1. The van der Waals surface area contributed by atoms with Gasteiger partial charge in [-0.2, -0.15) is 5.26 Å². The number of hydrogen-bond donors (Lipinski definition) is 0. The zero-order valence-corrected chi connectivity index (χ0v) is 12.4. The minimum atomic E-state index is 0.390. The quantitative estimate of drug-likeness (QED) is 0.765. The van der Waals surface area contributed by atoms with E-state index in [1.807, 2.05) is 12.1 Å². The van der Waals surface area contributed by atoms with Crippen LogP contribution >= 0.6 is 11.6 Å². The zero-order chi connectivity index (χ0) is 14.1. The van der Waals surface area contributed by atoms with Gasteiger partial charge in [-0.25, -0.2) is 4.98 Å². The van der Waals surface area contributed by atoms with Crippen molar-refractivity contribution in [3.8, 4) is 6.07 Å². The van der Waals surface area contributed by atoms with Gasteiger partial charge < -0.3 is 4.57 Å². The first-order chi connectivity index (χ1) is 9.78. The summed E-state index contributed by atoms with van der Waals surface area (Å²) in [5, 5.41) is 9.23. The van der Waals surface area contributed by atoms with Crippen LogP contribution in [0.4, 0.5) is 0 Å². The number of fused-ring (bicyclic) bond motifs is 1. The van der Waals surface area contributed by atoms with Crippen LogP contribution in [0.1, 0.15) is 50.0 Å². The average Bonchev–Trinajstić information content (AvgIpc) is 3.22. The lowest BCUT2D eigenvalue weighted by Gasteiger charge is -2.19. The molecule has 3 rings (SSSR count). The largest absolute Gasteiger partial charge is 0.324 e. The molecular weight excluding hydrogens is 270 g/mol. The van der Waals surface area contributed by atoms with E-state index in [9.17, 15) is 5.26 Å². The van der Waals surface area contributed by atoms with Gasteiger partial charge in [-0.05, 0) is 30.9 Å². The third-order valence-electron chi connectivity index (χ3n) is 4.17. The predicted molar refractivity (Wildman–Crippen MR) is 80.7 cm³/mol. The van der Waals surface area contributed by atoms with Crippen LogP contribution in [-0.2, 0) is 5.88 Å². The molecule has 0 N–H and O–H groups in total. The fourth-order valence-electron chi connectivity index (χ4n) is 2.95. The Morgan fingerprint density at radius 2 is 2.30 bits per heavy atom. The first-order valence-electron chi connectivity index (χ1n) is 7.24. The van der Waals surface area contributed by atoms with Gasteiger partial charge in [-0.1, -0.05) is 25.8 Å². The topological polar surface area (TPSA) is 41.6 Å². The molecule has 1 aromatic carbocycles. The molecule has 0 spiro atoms. The van der Waals surface area contributed by atoms with Crippen LogP contribution < -0.4 is 0 Å². The van der Waals surface area contributed by atoms with Crippen LogP contribution in [0, 0.1) is 17.2 Å². The first-order valence-corrected chi connectivity index (χ1v) is 7.77. The smallest absolute Gasteiger partial charge is 0.125 e. The second kappa shape index (κ2) is 5.46. The van der Waals surface area contributed by atoms with Crippen molar-refractivity contribution in [2.24, 2.45) is 5.92 Å². The van der Waals surface area contributed by atoms with E-state index in [1.165, 1.54) is 19.3 Å². The molecule has 1 unspecified atom stereocenters. The summed E-state index contributed by atoms with van der Waals surface area (Å²) in [7, 11) is 0. The van der Waals surface area contributed by atoms with Gasteiger partial charge in [-0.3, -0.25) is 0 Å². The summed E-state index contributed by atoms with van der Waals surface area (Å²) in [6.45, 7) is 2.21. The van der Waals surface area contributed by atoms with Crippen LogP contribution in [0.5, 0.6) is 0 Å². The molecule has 0 radical (unpaired) electrons. The molecule has 1 saturated carbocycles. The molecule has 1 aromatic heterocycles. The Labute approximate surface area is 124 Å². The number of benzene rings is 1. The number of nitrogens with zero attached hydrogens (tertiary/aromatic N) is 3. The highest BCUT2D eigenvalue weighted by Gasteiger charge is 2.27. The van der Waals surface area contributed by atoms with Crippen molar-refractivity contribution in [2.75, 3.05) is 0 Å². The van der Waals surface area contributed by atoms with Crippen molar-refractivity contribution in [1.29, 1.82) is 5.26 Å². The number of imidazole rings is 1. The van der Waals surface area contributed by atoms with Crippen molar-refractivity contribution in [3.63, 3.8) is 0 Å². The Kier molecular flexibility index (Phi) is 3.67. The van der Waals surface area contributed by atoms with Gasteiger partial charge in [0.05, 0.1) is 17.0 Å². The maximum atomic E-state index is 9.23. The Bertz CT molecular complexity index is 664. The number of halogens is 1. The van der Waals surface area contributed by atoms with E-state index < -0.39 is 0 Å². The number of hydrogen-bond acceptors (Lipinski definition) is 2. The fraction of sp³-hybridized carbons (Fsp3) is 0.500.